The summed E-state index contributed by atoms with van der Waals surface area (Å²) in [4.78, 5) is 12.7. The molecule has 1 aliphatic heterocycles. The highest BCUT2D eigenvalue weighted by Crippen LogP contribution is 2.30. The van der Waals surface area contributed by atoms with Crippen LogP contribution in [0.15, 0.2) is 16.6 Å². The highest BCUT2D eigenvalue weighted by Gasteiger charge is 2.17. The maximum absolute atomic E-state index is 13.5. The number of nitro benzene ring substituents is 1. The molecule has 0 spiro atoms. The van der Waals surface area contributed by atoms with Gasteiger partial charge in [0, 0.05) is 49.8 Å². The van der Waals surface area contributed by atoms with E-state index in [9.17, 15) is 14.5 Å². The molecule has 0 unspecified atom stereocenters. The Bertz CT molecular complexity index is 498. The highest BCUT2D eigenvalue weighted by molar-refractivity contribution is 9.10. The van der Waals surface area contributed by atoms with Gasteiger partial charge in [-0.1, -0.05) is 0 Å². The van der Waals surface area contributed by atoms with E-state index in [-0.39, 0.29) is 15.8 Å². The molecule has 0 aromatic heterocycles. The van der Waals surface area contributed by atoms with Gasteiger partial charge in [0.2, 0.25) is 0 Å². The van der Waals surface area contributed by atoms with E-state index in [4.69, 9.17) is 0 Å². The molecule has 0 aliphatic carbocycles. The second-order valence-corrected chi connectivity index (χ2v) is 6.50. The third-order valence-electron chi connectivity index (χ3n) is 3.08. The third kappa shape index (κ3) is 4.07. The van der Waals surface area contributed by atoms with Crippen LogP contribution in [0.25, 0.3) is 0 Å². The monoisotopic (exact) mass is 363 g/mol. The van der Waals surface area contributed by atoms with Crippen molar-refractivity contribution in [1.82, 2.24) is 4.90 Å². The lowest BCUT2D eigenvalue weighted by atomic mass is 10.2. The Morgan fingerprint density at radius 1 is 1.45 bits per heavy atom. The molecule has 0 saturated carbocycles. The minimum atomic E-state index is -0.510. The number of anilines is 1. The summed E-state index contributed by atoms with van der Waals surface area (Å²) in [7, 11) is 0. The molecule has 1 aromatic rings. The number of nitrogens with zero attached hydrogens (tertiary/aromatic N) is 2. The van der Waals surface area contributed by atoms with Crippen LogP contribution in [0, 0.1) is 15.9 Å². The summed E-state index contributed by atoms with van der Waals surface area (Å²) in [6.07, 6.45) is 0. The van der Waals surface area contributed by atoms with Crippen LogP contribution >= 0.6 is 27.7 Å². The van der Waals surface area contributed by atoms with Gasteiger partial charge in [-0.05, 0) is 15.9 Å². The van der Waals surface area contributed by atoms with Gasteiger partial charge in [-0.15, -0.1) is 0 Å². The number of hydrogen-bond donors (Lipinski definition) is 1. The molecule has 0 atom stereocenters. The average molecular weight is 364 g/mol. The van der Waals surface area contributed by atoms with Gasteiger partial charge in [0.15, 0.2) is 0 Å². The normalized spacial score (nSPS) is 16.1. The molecular weight excluding hydrogens is 349 g/mol. The fraction of sp³-hybridized carbons (Fsp3) is 0.500. The van der Waals surface area contributed by atoms with E-state index in [0.29, 0.717) is 6.54 Å². The zero-order chi connectivity index (χ0) is 14.5. The van der Waals surface area contributed by atoms with Crippen molar-refractivity contribution in [2.75, 3.05) is 43.0 Å². The van der Waals surface area contributed by atoms with Crippen molar-refractivity contribution in [2.24, 2.45) is 0 Å². The highest BCUT2D eigenvalue weighted by atomic mass is 79.9. The first-order valence-electron chi connectivity index (χ1n) is 6.25. The Morgan fingerprint density at radius 3 is 2.80 bits per heavy atom. The van der Waals surface area contributed by atoms with E-state index in [1.165, 1.54) is 6.07 Å². The molecule has 1 fully saturated rings. The summed E-state index contributed by atoms with van der Waals surface area (Å²) in [6.45, 7) is 3.42. The summed E-state index contributed by atoms with van der Waals surface area (Å²) in [5, 5.41) is 13.9. The summed E-state index contributed by atoms with van der Waals surface area (Å²) in [5.74, 6) is 1.73. The van der Waals surface area contributed by atoms with Gasteiger partial charge >= 0.3 is 0 Å². The Balaban J connectivity index is 1.97. The van der Waals surface area contributed by atoms with Crippen molar-refractivity contribution in [1.29, 1.82) is 0 Å². The zero-order valence-electron chi connectivity index (χ0n) is 10.8. The maximum atomic E-state index is 13.5. The molecule has 20 heavy (non-hydrogen) atoms. The SMILES string of the molecule is O=[N+]([O-])c1cc(Br)c(F)cc1NCCN1CCSCC1. The number of hydrogen-bond acceptors (Lipinski definition) is 5. The summed E-state index contributed by atoms with van der Waals surface area (Å²) < 4.78 is 13.6. The fourth-order valence-corrected chi connectivity index (χ4v) is 3.31. The van der Waals surface area contributed by atoms with Gasteiger partial charge < -0.3 is 5.32 Å². The Morgan fingerprint density at radius 2 is 2.15 bits per heavy atom. The number of benzene rings is 1. The molecule has 1 N–H and O–H groups in total. The first kappa shape index (κ1) is 15.5. The molecule has 5 nitrogen and oxygen atoms in total. The number of rotatable bonds is 5. The van der Waals surface area contributed by atoms with Crippen LogP contribution in [0.2, 0.25) is 0 Å². The predicted molar refractivity (Wildman–Crippen MR) is 83.0 cm³/mol. The van der Waals surface area contributed by atoms with E-state index < -0.39 is 10.7 Å². The molecule has 110 valence electrons. The van der Waals surface area contributed by atoms with Crippen LogP contribution in [0.1, 0.15) is 0 Å². The van der Waals surface area contributed by atoms with Crippen LogP contribution in [-0.4, -0.2) is 47.5 Å². The second-order valence-electron chi connectivity index (χ2n) is 4.42. The van der Waals surface area contributed by atoms with Crippen LogP contribution in [-0.2, 0) is 0 Å². The van der Waals surface area contributed by atoms with Crippen molar-refractivity contribution in [3.05, 3.63) is 32.5 Å². The zero-order valence-corrected chi connectivity index (χ0v) is 13.2. The van der Waals surface area contributed by atoms with E-state index in [1.54, 1.807) is 0 Å². The van der Waals surface area contributed by atoms with Crippen LogP contribution < -0.4 is 5.32 Å². The van der Waals surface area contributed by atoms with E-state index in [1.807, 2.05) is 11.8 Å². The summed E-state index contributed by atoms with van der Waals surface area (Å²) in [5.41, 5.74) is 0.106. The Kier molecular flexibility index (Phi) is 5.62. The van der Waals surface area contributed by atoms with E-state index in [2.05, 4.69) is 26.1 Å². The molecular formula is C12H15BrFN3O2S. The molecule has 1 aromatic carbocycles. The molecule has 8 heteroatoms. The molecule has 1 saturated heterocycles. The fourth-order valence-electron chi connectivity index (χ4n) is 2.00. The van der Waals surface area contributed by atoms with Gasteiger partial charge in [0.05, 0.1) is 9.40 Å². The largest absolute Gasteiger partial charge is 0.378 e. The molecule has 1 heterocycles. The van der Waals surface area contributed by atoms with E-state index in [0.717, 1.165) is 37.2 Å². The smallest absolute Gasteiger partial charge is 0.293 e. The standard InChI is InChI=1S/C12H15BrFN3O2S/c13-9-7-12(17(18)19)11(8-10(9)14)15-1-2-16-3-5-20-6-4-16/h7-8,15H,1-6H2. The van der Waals surface area contributed by atoms with Crippen LogP contribution in [0.3, 0.4) is 0 Å². The second kappa shape index (κ2) is 7.24. The minimum absolute atomic E-state index is 0.0998. The Hall–Kier alpha value is -0.860. The van der Waals surface area contributed by atoms with Crippen molar-refractivity contribution in [3.8, 4) is 0 Å². The average Bonchev–Trinajstić information content (AvgIpc) is 2.43. The number of nitrogens with one attached hydrogen (secondary N) is 1. The molecule has 0 amide bonds. The predicted octanol–water partition coefficient (Wildman–Crippen LogP) is 2.96. The van der Waals surface area contributed by atoms with Crippen molar-refractivity contribution >= 4 is 39.1 Å². The van der Waals surface area contributed by atoms with Gasteiger partial charge in [-0.2, -0.15) is 11.8 Å². The lowest BCUT2D eigenvalue weighted by Crippen LogP contribution is -2.36. The topological polar surface area (TPSA) is 58.4 Å². The van der Waals surface area contributed by atoms with E-state index >= 15 is 0 Å². The first-order chi connectivity index (χ1) is 9.58. The summed E-state index contributed by atoms with van der Waals surface area (Å²) in [6, 6.07) is 2.35. The molecule has 2 rings (SSSR count). The van der Waals surface area contributed by atoms with Gasteiger partial charge in [0.25, 0.3) is 5.69 Å². The van der Waals surface area contributed by atoms with Gasteiger partial charge in [-0.25, -0.2) is 4.39 Å². The van der Waals surface area contributed by atoms with Crippen LogP contribution in [0.4, 0.5) is 15.8 Å². The maximum Gasteiger partial charge on any atom is 0.293 e. The van der Waals surface area contributed by atoms with Gasteiger partial charge in [-0.3, -0.25) is 15.0 Å². The first-order valence-corrected chi connectivity index (χ1v) is 8.20. The van der Waals surface area contributed by atoms with Crippen LogP contribution in [0.5, 0.6) is 0 Å². The molecule has 0 radical (unpaired) electrons. The number of thioether (sulfide) groups is 1. The Labute approximate surface area is 129 Å². The number of nitro groups is 1. The van der Waals surface area contributed by atoms with Gasteiger partial charge in [0.1, 0.15) is 11.5 Å². The minimum Gasteiger partial charge on any atom is -0.378 e. The quantitative estimate of drug-likeness (QED) is 0.643. The van der Waals surface area contributed by atoms with Crippen molar-refractivity contribution in [3.63, 3.8) is 0 Å². The third-order valence-corrected chi connectivity index (χ3v) is 4.63. The van der Waals surface area contributed by atoms with Crippen molar-refractivity contribution in [2.45, 2.75) is 0 Å². The lowest BCUT2D eigenvalue weighted by molar-refractivity contribution is -0.384. The van der Waals surface area contributed by atoms with Crippen molar-refractivity contribution < 1.29 is 9.31 Å². The molecule has 0 bridgehead atoms. The number of halogens is 2. The molecule has 1 aliphatic rings. The summed E-state index contributed by atoms with van der Waals surface area (Å²) >= 11 is 4.89. The lowest BCUT2D eigenvalue weighted by Gasteiger charge is -2.26.